The first-order valence-corrected chi connectivity index (χ1v) is 11.7. The molecule has 0 atom stereocenters. The molecule has 178 valence electrons. The third-order valence-corrected chi connectivity index (χ3v) is 6.10. The van der Waals surface area contributed by atoms with E-state index in [1.54, 1.807) is 62.6 Å². The highest BCUT2D eigenvalue weighted by atomic mass is 32.2. The number of carbonyl (C=O) groups is 2. The average molecular weight is 484 g/mol. The zero-order valence-electron chi connectivity index (χ0n) is 18.9. The van der Waals surface area contributed by atoms with Crippen LogP contribution < -0.4 is 19.5 Å². The zero-order chi connectivity index (χ0) is 24.7. The molecule has 34 heavy (non-hydrogen) atoms. The van der Waals surface area contributed by atoms with Gasteiger partial charge in [0, 0.05) is 31.0 Å². The Balaban J connectivity index is 1.66. The van der Waals surface area contributed by atoms with Gasteiger partial charge in [0.25, 0.3) is 21.8 Å². The predicted octanol–water partition coefficient (Wildman–Crippen LogP) is 3.22. The third-order valence-electron chi connectivity index (χ3n) is 4.72. The molecule has 0 aliphatic rings. The van der Waals surface area contributed by atoms with Gasteiger partial charge in [-0.05, 0) is 66.7 Å². The molecule has 0 aliphatic heterocycles. The number of hydrogen-bond acceptors (Lipinski definition) is 6. The lowest BCUT2D eigenvalue weighted by molar-refractivity contribution is -0.130. The van der Waals surface area contributed by atoms with Crippen LogP contribution in [0.3, 0.4) is 0 Å². The summed E-state index contributed by atoms with van der Waals surface area (Å²) in [5.41, 5.74) is 1.03. The van der Waals surface area contributed by atoms with Crippen molar-refractivity contribution in [2.45, 2.75) is 4.90 Å². The fraction of sp³-hybridized carbons (Fsp3) is 0.167. The van der Waals surface area contributed by atoms with Crippen molar-refractivity contribution in [1.82, 2.24) is 4.90 Å². The molecule has 0 aromatic heterocycles. The Bertz CT molecular complexity index is 1260. The Labute approximate surface area is 198 Å². The van der Waals surface area contributed by atoms with Crippen LogP contribution in [0.5, 0.6) is 11.5 Å². The van der Waals surface area contributed by atoms with Gasteiger partial charge in [0.1, 0.15) is 11.5 Å². The first-order chi connectivity index (χ1) is 16.2. The van der Waals surface area contributed by atoms with Crippen LogP contribution >= 0.6 is 0 Å². The van der Waals surface area contributed by atoms with Crippen LogP contribution in [0.25, 0.3) is 0 Å². The molecule has 0 heterocycles. The number of nitrogens with one attached hydrogen (secondary N) is 2. The van der Waals surface area contributed by atoms with E-state index in [9.17, 15) is 18.0 Å². The molecule has 3 aromatic rings. The molecule has 3 rings (SSSR count). The lowest BCUT2D eigenvalue weighted by Crippen LogP contribution is -2.27. The second-order valence-electron chi connectivity index (χ2n) is 7.42. The maximum absolute atomic E-state index is 12.8. The minimum atomic E-state index is -3.91. The smallest absolute Gasteiger partial charge is 0.261 e. The summed E-state index contributed by atoms with van der Waals surface area (Å²) < 4.78 is 38.5. The monoisotopic (exact) mass is 483 g/mol. The molecule has 2 N–H and O–H groups in total. The van der Waals surface area contributed by atoms with E-state index < -0.39 is 15.9 Å². The van der Waals surface area contributed by atoms with E-state index >= 15 is 0 Å². The van der Waals surface area contributed by atoms with E-state index in [2.05, 4.69) is 10.0 Å². The molecule has 2 amide bonds. The summed E-state index contributed by atoms with van der Waals surface area (Å²) >= 11 is 0. The standard InChI is InChI=1S/C24H25N3O6S/c1-27(2)23(28)16-33-21-13-7-18(8-14-21)25-24(29)17-5-4-6-22(15-17)34(30,31)26-19-9-11-20(32-3)12-10-19/h4-15,26H,16H2,1-3H3,(H,25,29). The number of likely N-dealkylation sites (N-methyl/N-ethyl adjacent to an activating group) is 1. The number of nitrogens with zero attached hydrogens (tertiary/aromatic N) is 1. The number of carbonyl (C=O) groups excluding carboxylic acids is 2. The van der Waals surface area contributed by atoms with Crippen LogP contribution in [-0.4, -0.2) is 52.9 Å². The highest BCUT2D eigenvalue weighted by molar-refractivity contribution is 7.92. The van der Waals surface area contributed by atoms with Crippen LogP contribution in [0, 0.1) is 0 Å². The number of amides is 2. The molecule has 0 spiro atoms. The van der Waals surface area contributed by atoms with E-state index in [-0.39, 0.29) is 23.0 Å². The Morgan fingerprint density at radius 1 is 0.882 bits per heavy atom. The van der Waals surface area contributed by atoms with Crippen LogP contribution in [0.15, 0.2) is 77.7 Å². The third kappa shape index (κ3) is 6.48. The topological polar surface area (TPSA) is 114 Å². The lowest BCUT2D eigenvalue weighted by atomic mass is 10.2. The quantitative estimate of drug-likeness (QED) is 0.483. The zero-order valence-corrected chi connectivity index (χ0v) is 19.8. The van der Waals surface area contributed by atoms with Gasteiger partial charge in [0.05, 0.1) is 12.0 Å². The fourth-order valence-corrected chi connectivity index (χ4v) is 3.89. The number of hydrogen-bond donors (Lipinski definition) is 2. The van der Waals surface area contributed by atoms with Crippen molar-refractivity contribution >= 4 is 33.2 Å². The van der Waals surface area contributed by atoms with Gasteiger partial charge in [-0.1, -0.05) is 6.07 Å². The van der Waals surface area contributed by atoms with Gasteiger partial charge >= 0.3 is 0 Å². The summed E-state index contributed by atoms with van der Waals surface area (Å²) in [7, 11) is 0.892. The normalized spacial score (nSPS) is 10.8. The Morgan fingerprint density at radius 2 is 1.50 bits per heavy atom. The summed E-state index contributed by atoms with van der Waals surface area (Å²) in [6.07, 6.45) is 0. The van der Waals surface area contributed by atoms with Gasteiger partial charge in [0.15, 0.2) is 6.61 Å². The van der Waals surface area contributed by atoms with E-state index in [4.69, 9.17) is 9.47 Å². The van der Waals surface area contributed by atoms with E-state index in [1.807, 2.05) is 0 Å². The van der Waals surface area contributed by atoms with Crippen molar-refractivity contribution in [3.05, 3.63) is 78.4 Å². The molecule has 3 aromatic carbocycles. The molecule has 0 bridgehead atoms. The molecule has 0 aliphatic carbocycles. The first kappa shape index (κ1) is 24.6. The van der Waals surface area contributed by atoms with Gasteiger partial charge in [-0.25, -0.2) is 8.42 Å². The summed E-state index contributed by atoms with van der Waals surface area (Å²) in [4.78, 5) is 25.7. The molecular formula is C24H25N3O6S. The van der Waals surface area contributed by atoms with Gasteiger partial charge < -0.3 is 19.7 Å². The Morgan fingerprint density at radius 3 is 2.12 bits per heavy atom. The number of methoxy groups -OCH3 is 1. The maximum atomic E-state index is 12.8. The lowest BCUT2D eigenvalue weighted by Gasteiger charge is -2.12. The predicted molar refractivity (Wildman–Crippen MR) is 129 cm³/mol. The molecule has 9 nitrogen and oxygen atoms in total. The van der Waals surface area contributed by atoms with Crippen LogP contribution in [-0.2, 0) is 14.8 Å². The highest BCUT2D eigenvalue weighted by Gasteiger charge is 2.17. The highest BCUT2D eigenvalue weighted by Crippen LogP contribution is 2.21. The number of benzene rings is 3. The molecule has 10 heteroatoms. The largest absolute Gasteiger partial charge is 0.497 e. The molecule has 0 fully saturated rings. The summed E-state index contributed by atoms with van der Waals surface area (Å²) in [5.74, 6) is 0.431. The maximum Gasteiger partial charge on any atom is 0.261 e. The van der Waals surface area contributed by atoms with E-state index in [0.29, 0.717) is 22.9 Å². The SMILES string of the molecule is COc1ccc(NS(=O)(=O)c2cccc(C(=O)Nc3ccc(OCC(=O)N(C)C)cc3)c2)cc1. The van der Waals surface area contributed by atoms with Crippen molar-refractivity contribution in [3.8, 4) is 11.5 Å². The van der Waals surface area contributed by atoms with Crippen molar-refractivity contribution in [3.63, 3.8) is 0 Å². The van der Waals surface area contributed by atoms with Gasteiger partial charge in [-0.2, -0.15) is 0 Å². The van der Waals surface area contributed by atoms with Crippen molar-refractivity contribution in [2.75, 3.05) is 37.9 Å². The van der Waals surface area contributed by atoms with Crippen LogP contribution in [0.4, 0.5) is 11.4 Å². The van der Waals surface area contributed by atoms with Crippen LogP contribution in [0.1, 0.15) is 10.4 Å². The van der Waals surface area contributed by atoms with Crippen molar-refractivity contribution in [1.29, 1.82) is 0 Å². The molecule has 0 saturated carbocycles. The fourth-order valence-electron chi connectivity index (χ4n) is 2.79. The average Bonchev–Trinajstić information content (AvgIpc) is 2.83. The molecule has 0 saturated heterocycles. The first-order valence-electron chi connectivity index (χ1n) is 10.2. The molecule has 0 unspecified atom stereocenters. The molecule has 0 radical (unpaired) electrons. The van der Waals surface area contributed by atoms with Gasteiger partial charge in [0.2, 0.25) is 0 Å². The summed E-state index contributed by atoms with van der Waals surface area (Å²) in [6, 6.07) is 18.6. The van der Waals surface area contributed by atoms with Crippen molar-refractivity contribution < 1.29 is 27.5 Å². The minimum Gasteiger partial charge on any atom is -0.497 e. The van der Waals surface area contributed by atoms with Crippen molar-refractivity contribution in [2.24, 2.45) is 0 Å². The number of rotatable bonds is 9. The summed E-state index contributed by atoms with van der Waals surface area (Å²) in [6.45, 7) is -0.0927. The van der Waals surface area contributed by atoms with E-state index in [0.717, 1.165) is 0 Å². The van der Waals surface area contributed by atoms with E-state index in [1.165, 1.54) is 36.3 Å². The minimum absolute atomic E-state index is 0.0507. The second-order valence-corrected chi connectivity index (χ2v) is 9.10. The van der Waals surface area contributed by atoms with Gasteiger partial charge in [-0.3, -0.25) is 14.3 Å². The van der Waals surface area contributed by atoms with Crippen LogP contribution in [0.2, 0.25) is 0 Å². The van der Waals surface area contributed by atoms with Gasteiger partial charge in [-0.15, -0.1) is 0 Å². The second kappa shape index (κ2) is 10.7. The summed E-state index contributed by atoms with van der Waals surface area (Å²) in [5, 5.41) is 2.71. The Hall–Kier alpha value is -4.05. The molecular weight excluding hydrogens is 458 g/mol. The Kier molecular flexibility index (Phi) is 7.75. The number of anilines is 2. The number of ether oxygens (including phenoxy) is 2. The number of sulfonamides is 1.